The third-order valence-electron chi connectivity index (χ3n) is 3.77. The average molecular weight is 313 g/mol. The fourth-order valence-electron chi connectivity index (χ4n) is 2.78. The summed E-state index contributed by atoms with van der Waals surface area (Å²) in [6.07, 6.45) is 2.60. The fraction of sp³-hybridized carbons (Fsp3) is 0.600. The lowest BCUT2D eigenvalue weighted by molar-refractivity contribution is 0.00641. The van der Waals surface area contributed by atoms with Crippen LogP contribution in [0.2, 0.25) is 0 Å². The number of hydrogen-bond acceptors (Lipinski definition) is 4. The molecule has 118 valence electrons. The predicted octanol–water partition coefficient (Wildman–Crippen LogP) is 1.29. The highest BCUT2D eigenvalue weighted by atomic mass is 32.2. The summed E-state index contributed by atoms with van der Waals surface area (Å²) in [5.41, 5.74) is 1.12. The zero-order valence-corrected chi connectivity index (χ0v) is 13.4. The zero-order valence-electron chi connectivity index (χ0n) is 12.6. The Morgan fingerprint density at radius 1 is 1.24 bits per heavy atom. The van der Waals surface area contributed by atoms with Gasteiger partial charge in [0.05, 0.1) is 31.6 Å². The number of rotatable bonds is 7. The monoisotopic (exact) mass is 313 g/mol. The van der Waals surface area contributed by atoms with Gasteiger partial charge in [0.15, 0.2) is 0 Å². The maximum absolute atomic E-state index is 12.0. The van der Waals surface area contributed by atoms with Crippen molar-refractivity contribution in [2.24, 2.45) is 0 Å². The number of methoxy groups -OCH3 is 1. The van der Waals surface area contributed by atoms with Crippen LogP contribution in [0.1, 0.15) is 12.0 Å². The lowest BCUT2D eigenvalue weighted by Gasteiger charge is -2.26. The van der Waals surface area contributed by atoms with Crippen molar-refractivity contribution in [3.8, 4) is 0 Å². The van der Waals surface area contributed by atoms with Crippen molar-refractivity contribution in [2.45, 2.75) is 25.0 Å². The molecule has 1 aliphatic rings. The Labute approximate surface area is 126 Å². The van der Waals surface area contributed by atoms with Crippen LogP contribution in [0.15, 0.2) is 30.3 Å². The van der Waals surface area contributed by atoms with Crippen LogP contribution < -0.4 is 0 Å². The van der Waals surface area contributed by atoms with Crippen LogP contribution in [-0.4, -0.2) is 58.0 Å². The third kappa shape index (κ3) is 4.51. The molecule has 0 amide bonds. The van der Waals surface area contributed by atoms with Crippen LogP contribution >= 0.6 is 0 Å². The lowest BCUT2D eigenvalue weighted by Crippen LogP contribution is -2.41. The number of ether oxygens (including phenoxy) is 2. The van der Waals surface area contributed by atoms with E-state index in [9.17, 15) is 8.42 Å². The van der Waals surface area contributed by atoms with E-state index < -0.39 is 10.0 Å². The summed E-state index contributed by atoms with van der Waals surface area (Å²) in [5, 5.41) is 0. The third-order valence-corrected chi connectivity index (χ3v) is 5.07. The molecule has 0 radical (unpaired) electrons. The Kier molecular flexibility index (Phi) is 5.75. The number of nitrogens with zero attached hydrogens (tertiary/aromatic N) is 1. The van der Waals surface area contributed by atoms with Crippen molar-refractivity contribution in [1.29, 1.82) is 0 Å². The van der Waals surface area contributed by atoms with Gasteiger partial charge in [0.1, 0.15) is 0 Å². The van der Waals surface area contributed by atoms with Crippen LogP contribution in [0.3, 0.4) is 0 Å². The van der Waals surface area contributed by atoms with Crippen LogP contribution in [-0.2, 0) is 25.9 Å². The van der Waals surface area contributed by atoms with Crippen LogP contribution in [0.25, 0.3) is 0 Å². The van der Waals surface area contributed by atoms with Crippen molar-refractivity contribution in [3.63, 3.8) is 0 Å². The maximum Gasteiger partial charge on any atom is 0.211 e. The first-order chi connectivity index (χ1) is 10.0. The number of sulfonamides is 1. The van der Waals surface area contributed by atoms with E-state index in [-0.39, 0.29) is 12.1 Å². The Hall–Kier alpha value is -0.950. The van der Waals surface area contributed by atoms with Gasteiger partial charge < -0.3 is 9.47 Å². The van der Waals surface area contributed by atoms with Crippen molar-refractivity contribution in [1.82, 2.24) is 4.31 Å². The summed E-state index contributed by atoms with van der Waals surface area (Å²) < 4.78 is 36.3. The van der Waals surface area contributed by atoms with E-state index in [1.165, 1.54) is 6.26 Å². The molecule has 0 N–H and O–H groups in total. The molecule has 1 saturated heterocycles. The zero-order chi connectivity index (χ0) is 15.3. The van der Waals surface area contributed by atoms with Gasteiger partial charge in [-0.25, -0.2) is 8.42 Å². The highest BCUT2D eigenvalue weighted by Gasteiger charge is 2.39. The molecule has 1 heterocycles. The average Bonchev–Trinajstić information content (AvgIpc) is 2.83. The Morgan fingerprint density at radius 3 is 2.57 bits per heavy atom. The van der Waals surface area contributed by atoms with Gasteiger partial charge in [0, 0.05) is 13.7 Å². The van der Waals surface area contributed by atoms with Crippen LogP contribution in [0.4, 0.5) is 0 Å². The standard InChI is InChI=1S/C15H23NO4S/c1-19-10-11-20-15-8-9-16(21(2,17)18)14(15)12-13-6-4-3-5-7-13/h3-7,14-15H,8-12H2,1-2H3/t14-,15-/m1/s1. The molecule has 0 aromatic heterocycles. The smallest absolute Gasteiger partial charge is 0.211 e. The first-order valence-electron chi connectivity index (χ1n) is 7.13. The van der Waals surface area contributed by atoms with Crippen LogP contribution in [0, 0.1) is 0 Å². The summed E-state index contributed by atoms with van der Waals surface area (Å²) in [4.78, 5) is 0. The number of hydrogen-bond donors (Lipinski definition) is 0. The molecule has 1 aromatic rings. The SMILES string of the molecule is COCCO[C@@H]1CCN(S(C)(=O)=O)[C@@H]1Cc1ccccc1. The molecule has 0 bridgehead atoms. The fourth-order valence-corrected chi connectivity index (χ4v) is 3.92. The van der Waals surface area contributed by atoms with Crippen molar-refractivity contribution in [2.75, 3.05) is 33.1 Å². The molecule has 0 aliphatic carbocycles. The van der Waals surface area contributed by atoms with E-state index in [1.807, 2.05) is 30.3 Å². The Bertz CT molecular complexity index is 532. The minimum Gasteiger partial charge on any atom is -0.382 e. The van der Waals surface area contributed by atoms with Gasteiger partial charge in [-0.3, -0.25) is 0 Å². The first-order valence-corrected chi connectivity index (χ1v) is 8.98. The normalized spacial score (nSPS) is 23.5. The molecular formula is C15H23NO4S. The molecule has 0 spiro atoms. The summed E-state index contributed by atoms with van der Waals surface area (Å²) in [5.74, 6) is 0. The largest absolute Gasteiger partial charge is 0.382 e. The molecule has 6 heteroatoms. The van der Waals surface area contributed by atoms with Crippen molar-refractivity contribution >= 4 is 10.0 Å². The topological polar surface area (TPSA) is 55.8 Å². The summed E-state index contributed by atoms with van der Waals surface area (Å²) in [6.45, 7) is 1.53. The molecule has 21 heavy (non-hydrogen) atoms. The molecule has 5 nitrogen and oxygen atoms in total. The second-order valence-corrected chi connectivity index (χ2v) is 7.26. The lowest BCUT2D eigenvalue weighted by atomic mass is 10.0. The summed E-state index contributed by atoms with van der Waals surface area (Å²) in [6, 6.07) is 9.79. The molecule has 0 saturated carbocycles. The molecule has 2 rings (SSSR count). The Morgan fingerprint density at radius 2 is 1.95 bits per heavy atom. The van der Waals surface area contributed by atoms with Gasteiger partial charge in [-0.1, -0.05) is 30.3 Å². The van der Waals surface area contributed by atoms with E-state index in [4.69, 9.17) is 9.47 Å². The van der Waals surface area contributed by atoms with Crippen molar-refractivity contribution < 1.29 is 17.9 Å². The molecule has 1 aromatic carbocycles. The quantitative estimate of drug-likeness (QED) is 0.712. The second kappa shape index (κ2) is 7.35. The minimum absolute atomic E-state index is 0.0740. The highest BCUT2D eigenvalue weighted by molar-refractivity contribution is 7.88. The molecule has 1 aliphatic heterocycles. The maximum atomic E-state index is 12.0. The minimum atomic E-state index is -3.21. The van der Waals surface area contributed by atoms with Crippen molar-refractivity contribution in [3.05, 3.63) is 35.9 Å². The second-order valence-electron chi connectivity index (χ2n) is 5.32. The van der Waals surface area contributed by atoms with Gasteiger partial charge in [-0.2, -0.15) is 4.31 Å². The molecule has 2 atom stereocenters. The van der Waals surface area contributed by atoms with Gasteiger partial charge in [-0.15, -0.1) is 0 Å². The molecule has 1 fully saturated rings. The highest BCUT2D eigenvalue weighted by Crippen LogP contribution is 2.26. The van der Waals surface area contributed by atoms with E-state index in [0.717, 1.165) is 12.0 Å². The Balaban J connectivity index is 2.11. The van der Waals surface area contributed by atoms with Gasteiger partial charge in [0.25, 0.3) is 0 Å². The van der Waals surface area contributed by atoms with E-state index >= 15 is 0 Å². The molecule has 0 unspecified atom stereocenters. The van der Waals surface area contributed by atoms with Crippen LogP contribution in [0.5, 0.6) is 0 Å². The predicted molar refractivity (Wildman–Crippen MR) is 81.7 cm³/mol. The van der Waals surface area contributed by atoms with Gasteiger partial charge >= 0.3 is 0 Å². The summed E-state index contributed by atoms with van der Waals surface area (Å²) in [7, 11) is -1.59. The first kappa shape index (κ1) is 16.4. The van der Waals surface area contributed by atoms with Gasteiger partial charge in [0.2, 0.25) is 10.0 Å². The van der Waals surface area contributed by atoms with Gasteiger partial charge in [-0.05, 0) is 18.4 Å². The number of benzene rings is 1. The summed E-state index contributed by atoms with van der Waals surface area (Å²) >= 11 is 0. The van der Waals surface area contributed by atoms with E-state index in [1.54, 1.807) is 11.4 Å². The van der Waals surface area contributed by atoms with E-state index in [2.05, 4.69) is 0 Å². The molecular weight excluding hydrogens is 290 g/mol. The van der Waals surface area contributed by atoms with E-state index in [0.29, 0.717) is 26.2 Å².